The minimum Gasteiger partial charge on any atom is -0.365 e. The summed E-state index contributed by atoms with van der Waals surface area (Å²) >= 11 is 4.80. The highest BCUT2D eigenvalue weighted by Gasteiger charge is 2.24. The smallest absolute Gasteiger partial charge is 0.324 e. The number of urea groups is 1. The van der Waals surface area contributed by atoms with Gasteiger partial charge in [-0.1, -0.05) is 15.9 Å². The van der Waals surface area contributed by atoms with Crippen LogP contribution in [-0.2, 0) is 12.8 Å². The third-order valence-corrected chi connectivity index (χ3v) is 5.48. The monoisotopic (exact) mass is 393 g/mol. The second-order valence-corrected chi connectivity index (χ2v) is 7.39. The highest BCUT2D eigenvalue weighted by Crippen LogP contribution is 2.37. The van der Waals surface area contributed by atoms with Crippen molar-refractivity contribution in [3.8, 4) is 0 Å². The number of rotatable bonds is 3. The van der Waals surface area contributed by atoms with Crippen LogP contribution >= 0.6 is 27.3 Å². The maximum Gasteiger partial charge on any atom is 0.324 e. The molecular formula is C16H16BrN3O2S. The lowest BCUT2D eigenvalue weighted by Crippen LogP contribution is -2.22. The number of anilines is 2. The zero-order valence-electron chi connectivity index (χ0n) is 12.3. The van der Waals surface area contributed by atoms with Gasteiger partial charge in [-0.15, -0.1) is 11.3 Å². The number of carbonyl (C=O) groups excluding carboxylic acids is 2. The molecule has 0 atom stereocenters. The summed E-state index contributed by atoms with van der Waals surface area (Å²) in [4.78, 5) is 25.1. The van der Waals surface area contributed by atoms with E-state index in [4.69, 9.17) is 5.73 Å². The van der Waals surface area contributed by atoms with Gasteiger partial charge in [0, 0.05) is 15.0 Å². The molecule has 1 aromatic heterocycles. The fraction of sp³-hybridized carbons (Fsp3) is 0.250. The molecule has 0 saturated heterocycles. The molecule has 23 heavy (non-hydrogen) atoms. The molecule has 0 saturated carbocycles. The number of carbonyl (C=O) groups is 2. The summed E-state index contributed by atoms with van der Waals surface area (Å²) in [7, 11) is 0. The largest absolute Gasteiger partial charge is 0.365 e. The van der Waals surface area contributed by atoms with Crippen molar-refractivity contribution in [1.82, 2.24) is 0 Å². The third kappa shape index (κ3) is 3.56. The Bertz CT molecular complexity index is 755. The van der Waals surface area contributed by atoms with E-state index < -0.39 is 5.91 Å². The van der Waals surface area contributed by atoms with Crippen molar-refractivity contribution in [2.24, 2.45) is 5.73 Å². The van der Waals surface area contributed by atoms with Crippen molar-refractivity contribution in [2.75, 3.05) is 10.6 Å². The zero-order valence-corrected chi connectivity index (χ0v) is 14.7. The number of halogens is 1. The van der Waals surface area contributed by atoms with Gasteiger partial charge in [-0.25, -0.2) is 4.79 Å². The minimum absolute atomic E-state index is 0.381. The highest BCUT2D eigenvalue weighted by atomic mass is 79.9. The van der Waals surface area contributed by atoms with E-state index in [1.807, 2.05) is 12.1 Å². The van der Waals surface area contributed by atoms with Crippen molar-refractivity contribution in [1.29, 1.82) is 0 Å². The predicted octanol–water partition coefficient (Wildman–Crippen LogP) is 4.13. The molecule has 1 aliphatic carbocycles. The summed E-state index contributed by atoms with van der Waals surface area (Å²) in [6, 6.07) is 6.88. The van der Waals surface area contributed by atoms with Crippen molar-refractivity contribution in [3.63, 3.8) is 0 Å². The van der Waals surface area contributed by atoms with Gasteiger partial charge in [0.15, 0.2) is 0 Å². The second-order valence-electron chi connectivity index (χ2n) is 5.37. The Morgan fingerprint density at radius 1 is 1.09 bits per heavy atom. The molecular weight excluding hydrogens is 378 g/mol. The van der Waals surface area contributed by atoms with Gasteiger partial charge in [-0.05, 0) is 55.5 Å². The van der Waals surface area contributed by atoms with E-state index in [-0.39, 0.29) is 6.03 Å². The van der Waals surface area contributed by atoms with Gasteiger partial charge in [0.05, 0.1) is 5.56 Å². The average Bonchev–Trinajstić information content (AvgIpc) is 2.87. The first-order chi connectivity index (χ1) is 11.0. The van der Waals surface area contributed by atoms with E-state index in [0.717, 1.165) is 40.6 Å². The summed E-state index contributed by atoms with van der Waals surface area (Å²) in [5.74, 6) is -0.483. The van der Waals surface area contributed by atoms with Crippen LogP contribution in [0.2, 0.25) is 0 Å². The summed E-state index contributed by atoms with van der Waals surface area (Å²) in [6.07, 6.45) is 3.95. The molecule has 7 heteroatoms. The maximum absolute atomic E-state index is 12.2. The Morgan fingerprint density at radius 3 is 2.48 bits per heavy atom. The summed E-state index contributed by atoms with van der Waals surface area (Å²) in [5, 5.41) is 6.06. The highest BCUT2D eigenvalue weighted by molar-refractivity contribution is 9.10. The Hall–Kier alpha value is -1.86. The lowest BCUT2D eigenvalue weighted by Gasteiger charge is -2.11. The first kappa shape index (κ1) is 16.0. The number of amides is 3. The molecule has 0 fully saturated rings. The van der Waals surface area contributed by atoms with Crippen molar-refractivity contribution >= 4 is 49.9 Å². The number of hydrogen-bond acceptors (Lipinski definition) is 3. The lowest BCUT2D eigenvalue weighted by molar-refractivity contribution is 0.100. The molecule has 0 radical (unpaired) electrons. The quantitative estimate of drug-likeness (QED) is 0.731. The number of thiophene rings is 1. The fourth-order valence-electron chi connectivity index (χ4n) is 2.71. The average molecular weight is 394 g/mol. The molecule has 0 unspecified atom stereocenters. The Kier molecular flexibility index (Phi) is 4.68. The molecule has 3 amide bonds. The van der Waals surface area contributed by atoms with Crippen LogP contribution in [0.3, 0.4) is 0 Å². The third-order valence-electron chi connectivity index (χ3n) is 3.75. The van der Waals surface area contributed by atoms with Crippen LogP contribution in [0.5, 0.6) is 0 Å². The number of nitrogens with one attached hydrogen (secondary N) is 2. The van der Waals surface area contributed by atoms with Gasteiger partial charge in [0.1, 0.15) is 5.00 Å². The van der Waals surface area contributed by atoms with Crippen molar-refractivity contribution < 1.29 is 9.59 Å². The van der Waals surface area contributed by atoms with E-state index in [2.05, 4.69) is 26.6 Å². The number of hydrogen-bond donors (Lipinski definition) is 3. The van der Waals surface area contributed by atoms with Gasteiger partial charge >= 0.3 is 6.03 Å². The van der Waals surface area contributed by atoms with Crippen molar-refractivity contribution in [3.05, 3.63) is 44.7 Å². The molecule has 0 spiro atoms. The first-order valence-electron chi connectivity index (χ1n) is 7.32. The van der Waals surface area contributed by atoms with E-state index in [0.29, 0.717) is 16.3 Å². The molecule has 3 rings (SSSR count). The first-order valence-corrected chi connectivity index (χ1v) is 8.93. The molecule has 4 N–H and O–H groups in total. The molecule has 5 nitrogen and oxygen atoms in total. The Morgan fingerprint density at radius 2 is 1.78 bits per heavy atom. The number of fused-ring (bicyclic) bond motifs is 1. The van der Waals surface area contributed by atoms with Gasteiger partial charge < -0.3 is 11.1 Å². The normalized spacial score (nSPS) is 13.3. The summed E-state index contributed by atoms with van der Waals surface area (Å²) < 4.78 is 0.936. The molecule has 1 heterocycles. The number of nitrogens with two attached hydrogens (primary N) is 1. The standard InChI is InChI=1S/C16H16BrN3O2S/c17-9-5-7-10(8-6-9)19-16(22)20-15-13(14(18)21)11-3-1-2-4-12(11)23-15/h5-8H,1-4H2,(H2,18,21)(H2,19,20,22). The summed E-state index contributed by atoms with van der Waals surface area (Å²) in [5.41, 5.74) is 7.67. The van der Waals surface area contributed by atoms with E-state index in [9.17, 15) is 9.59 Å². The van der Waals surface area contributed by atoms with Crippen LogP contribution < -0.4 is 16.4 Å². The Labute approximate surface area is 146 Å². The molecule has 1 aromatic carbocycles. The predicted molar refractivity (Wildman–Crippen MR) is 96.3 cm³/mol. The molecule has 120 valence electrons. The summed E-state index contributed by atoms with van der Waals surface area (Å²) in [6.45, 7) is 0. The molecule has 0 bridgehead atoms. The topological polar surface area (TPSA) is 84.2 Å². The van der Waals surface area contributed by atoms with Gasteiger partial charge in [0.2, 0.25) is 0 Å². The SMILES string of the molecule is NC(=O)c1c(NC(=O)Nc2ccc(Br)cc2)sc2c1CCCC2. The second kappa shape index (κ2) is 6.72. The van der Waals surface area contributed by atoms with Crippen LogP contribution in [0.1, 0.15) is 33.6 Å². The van der Waals surface area contributed by atoms with Crippen LogP contribution in [0.4, 0.5) is 15.5 Å². The van der Waals surface area contributed by atoms with E-state index >= 15 is 0 Å². The fourth-order valence-corrected chi connectivity index (χ4v) is 4.27. The Balaban J connectivity index is 1.79. The minimum atomic E-state index is -0.483. The molecule has 2 aromatic rings. The lowest BCUT2D eigenvalue weighted by atomic mass is 9.95. The van der Waals surface area contributed by atoms with Gasteiger partial charge in [-0.2, -0.15) is 0 Å². The molecule has 0 aliphatic heterocycles. The van der Waals surface area contributed by atoms with Crippen molar-refractivity contribution in [2.45, 2.75) is 25.7 Å². The van der Waals surface area contributed by atoms with Crippen LogP contribution in [0, 0.1) is 0 Å². The maximum atomic E-state index is 12.2. The number of primary amides is 1. The van der Waals surface area contributed by atoms with Crippen LogP contribution in [-0.4, -0.2) is 11.9 Å². The van der Waals surface area contributed by atoms with E-state index in [1.165, 1.54) is 11.3 Å². The van der Waals surface area contributed by atoms with Crippen LogP contribution in [0.15, 0.2) is 28.7 Å². The zero-order chi connectivity index (χ0) is 16.4. The van der Waals surface area contributed by atoms with Gasteiger partial charge in [-0.3, -0.25) is 10.1 Å². The number of benzene rings is 1. The number of aryl methyl sites for hydroxylation is 1. The molecule has 1 aliphatic rings. The van der Waals surface area contributed by atoms with E-state index in [1.54, 1.807) is 12.1 Å². The van der Waals surface area contributed by atoms with Gasteiger partial charge in [0.25, 0.3) is 5.91 Å². The van der Waals surface area contributed by atoms with Crippen LogP contribution in [0.25, 0.3) is 0 Å².